The molecule has 0 aromatic carbocycles. The molecule has 0 radical (unpaired) electrons. The molecule has 6 heteroatoms. The van der Waals surface area contributed by atoms with Crippen molar-refractivity contribution in [3.63, 3.8) is 0 Å². The summed E-state index contributed by atoms with van der Waals surface area (Å²) in [4.78, 5) is 18.2. The highest BCUT2D eigenvalue weighted by Crippen LogP contribution is 2.78. The van der Waals surface area contributed by atoms with E-state index in [2.05, 4.69) is 59.4 Å². The topological polar surface area (TPSA) is 50.0 Å². The second-order valence-corrected chi connectivity index (χ2v) is 11.5. The first-order valence-corrected chi connectivity index (χ1v) is 12.6. The Morgan fingerprint density at radius 1 is 0.759 bits per heavy atom. The van der Waals surface area contributed by atoms with Crippen molar-refractivity contribution in [3.05, 3.63) is 53.2 Å². The predicted octanol–water partition coefficient (Wildman–Crippen LogP) is 8.62. The minimum atomic E-state index is -0.969. The van der Waals surface area contributed by atoms with Crippen LogP contribution in [-0.2, 0) is 0 Å². The third-order valence-electron chi connectivity index (χ3n) is 4.54. The molecule has 3 rings (SSSR count). The van der Waals surface area contributed by atoms with Gasteiger partial charge in [0.05, 0.1) is 21.5 Å². The first-order valence-electron chi connectivity index (χ1n) is 9.25. The molecular weight excluding hydrogens is 394 g/mol. The summed E-state index contributed by atoms with van der Waals surface area (Å²) in [5.74, 6) is 0. The SMILES string of the molecule is C=Nc1c(/C=C\C)c(/C=C\C)c(N=C)p1-p1c(N=C)c(/C=C\C)c2cccnc21. The van der Waals surface area contributed by atoms with Gasteiger partial charge in [0, 0.05) is 28.3 Å². The summed E-state index contributed by atoms with van der Waals surface area (Å²) < 4.78 is 0. The van der Waals surface area contributed by atoms with Crippen LogP contribution in [0.4, 0.5) is 16.3 Å². The lowest BCUT2D eigenvalue weighted by molar-refractivity contribution is 1.45. The van der Waals surface area contributed by atoms with E-state index in [0.717, 1.165) is 43.6 Å². The molecule has 1 unspecified atom stereocenters. The lowest BCUT2D eigenvalue weighted by Crippen LogP contribution is -1.73. The van der Waals surface area contributed by atoms with Crippen molar-refractivity contribution >= 4 is 79.7 Å². The number of fused-ring (bicyclic) bond motifs is 1. The maximum atomic E-state index is 4.77. The Bertz CT molecular complexity index is 1150. The fraction of sp³-hybridized carbons (Fsp3) is 0.130. The van der Waals surface area contributed by atoms with Crippen LogP contribution in [-0.4, -0.2) is 25.1 Å². The minimum absolute atomic E-state index is 0.940. The Hall–Kier alpha value is -2.80. The molecule has 146 valence electrons. The summed E-state index contributed by atoms with van der Waals surface area (Å²) in [6.45, 7) is 17.7. The quantitative estimate of drug-likeness (QED) is 0.354. The predicted molar refractivity (Wildman–Crippen MR) is 136 cm³/mol. The van der Waals surface area contributed by atoms with Crippen molar-refractivity contribution in [2.24, 2.45) is 15.0 Å². The van der Waals surface area contributed by atoms with Crippen LogP contribution in [0.25, 0.3) is 28.9 Å². The van der Waals surface area contributed by atoms with Gasteiger partial charge in [0.2, 0.25) is 0 Å². The van der Waals surface area contributed by atoms with Gasteiger partial charge in [-0.25, -0.2) is 0 Å². The Morgan fingerprint density at radius 3 is 1.72 bits per heavy atom. The Balaban J connectivity index is 2.61. The molecular formula is C23H24N4P2. The number of aliphatic imine (C=N–C) groups is 3. The zero-order chi connectivity index (χ0) is 21.0. The summed E-state index contributed by atoms with van der Waals surface area (Å²) in [5, 5.41) is 2.16. The van der Waals surface area contributed by atoms with E-state index in [9.17, 15) is 0 Å². The third-order valence-corrected chi connectivity index (χ3v) is 11.5. The van der Waals surface area contributed by atoms with Gasteiger partial charge in [0.15, 0.2) is 0 Å². The largest absolute Gasteiger partial charge is 0.259 e. The van der Waals surface area contributed by atoms with Gasteiger partial charge >= 0.3 is 0 Å². The molecule has 3 heterocycles. The Labute approximate surface area is 173 Å². The van der Waals surface area contributed by atoms with Crippen LogP contribution in [0, 0.1) is 0 Å². The van der Waals surface area contributed by atoms with Crippen LogP contribution >= 0.6 is 14.4 Å². The fourth-order valence-electron chi connectivity index (χ4n) is 3.51. The lowest BCUT2D eigenvalue weighted by atomic mass is 10.1. The molecule has 4 nitrogen and oxygen atoms in total. The van der Waals surface area contributed by atoms with Crippen molar-refractivity contribution in [1.82, 2.24) is 4.98 Å². The number of allylic oxidation sites excluding steroid dienone is 3. The summed E-state index contributed by atoms with van der Waals surface area (Å²) in [6, 6.07) is 4.07. The van der Waals surface area contributed by atoms with Crippen LogP contribution in [0.1, 0.15) is 37.5 Å². The molecule has 3 aromatic rings. The standard InChI is InChI=1S/C23H24N4P2/c1-7-11-16-17(12-8-2)21(25-5)28(20(16)24-4)29-22(26-6)18(13-9-3)19-14-10-15-27-23(19)29/h7-15H,4-6H2,1-3H3/b11-7-,12-8-,13-9-. The molecule has 0 aliphatic carbocycles. The average molecular weight is 418 g/mol. The normalized spacial score (nSPS) is 12.6. The molecule has 1 atom stereocenters. The molecule has 0 bridgehead atoms. The van der Waals surface area contributed by atoms with E-state index in [4.69, 9.17) is 4.98 Å². The van der Waals surface area contributed by atoms with Crippen molar-refractivity contribution in [2.45, 2.75) is 20.8 Å². The molecule has 0 fully saturated rings. The fourth-order valence-corrected chi connectivity index (χ4v) is 11.2. The molecule has 0 saturated heterocycles. The van der Waals surface area contributed by atoms with E-state index in [0.29, 0.717) is 0 Å². The highest BCUT2D eigenvalue weighted by atomic mass is 32.0. The number of pyridine rings is 1. The van der Waals surface area contributed by atoms with Crippen LogP contribution in [0.2, 0.25) is 0 Å². The van der Waals surface area contributed by atoms with Crippen molar-refractivity contribution in [2.75, 3.05) is 0 Å². The van der Waals surface area contributed by atoms with Gasteiger partial charge in [-0.3, -0.25) is 20.0 Å². The third kappa shape index (κ3) is 3.40. The van der Waals surface area contributed by atoms with E-state index in [-0.39, 0.29) is 0 Å². The van der Waals surface area contributed by atoms with Gasteiger partial charge in [-0.15, -0.1) is 0 Å². The molecule has 0 aliphatic rings. The van der Waals surface area contributed by atoms with E-state index in [1.54, 1.807) is 0 Å². The second kappa shape index (κ2) is 9.13. The maximum Gasteiger partial charge on any atom is 0.0997 e. The number of hydrogen-bond acceptors (Lipinski definition) is 4. The number of hydrogen-bond donors (Lipinski definition) is 0. The van der Waals surface area contributed by atoms with Crippen LogP contribution in [0.15, 0.2) is 51.5 Å². The summed E-state index contributed by atoms with van der Waals surface area (Å²) in [5.41, 5.74) is 6.08. The molecule has 0 spiro atoms. The van der Waals surface area contributed by atoms with Crippen molar-refractivity contribution in [3.8, 4) is 0 Å². The monoisotopic (exact) mass is 418 g/mol. The summed E-state index contributed by atoms with van der Waals surface area (Å²) in [7, 11) is -1.91. The zero-order valence-electron chi connectivity index (χ0n) is 17.0. The lowest BCUT2D eigenvalue weighted by Gasteiger charge is -2.07. The van der Waals surface area contributed by atoms with E-state index in [1.165, 1.54) is 0 Å². The van der Waals surface area contributed by atoms with Gasteiger partial charge in [-0.2, -0.15) is 0 Å². The van der Waals surface area contributed by atoms with Crippen LogP contribution in [0.5, 0.6) is 0 Å². The van der Waals surface area contributed by atoms with E-state index in [1.807, 2.05) is 51.3 Å². The molecule has 3 aromatic heterocycles. The molecule has 29 heavy (non-hydrogen) atoms. The Kier molecular flexibility index (Phi) is 6.59. The van der Waals surface area contributed by atoms with Crippen molar-refractivity contribution in [1.29, 1.82) is 0 Å². The van der Waals surface area contributed by atoms with E-state index < -0.39 is 14.4 Å². The van der Waals surface area contributed by atoms with Gasteiger partial charge in [-0.05, 0) is 61.4 Å². The van der Waals surface area contributed by atoms with Crippen LogP contribution in [0.3, 0.4) is 0 Å². The van der Waals surface area contributed by atoms with Gasteiger partial charge in [0.25, 0.3) is 0 Å². The number of nitrogens with zero attached hydrogens (tertiary/aromatic N) is 4. The highest BCUT2D eigenvalue weighted by molar-refractivity contribution is 8.27. The maximum absolute atomic E-state index is 4.77. The smallest absolute Gasteiger partial charge is 0.0997 e. The van der Waals surface area contributed by atoms with Gasteiger partial charge in [-0.1, -0.05) is 42.5 Å². The molecule has 0 N–H and O–H groups in total. The zero-order valence-corrected chi connectivity index (χ0v) is 18.8. The van der Waals surface area contributed by atoms with E-state index >= 15 is 0 Å². The summed E-state index contributed by atoms with van der Waals surface area (Å²) in [6.07, 6.45) is 14.2. The average Bonchev–Trinajstić information content (AvgIpc) is 3.20. The molecule has 0 saturated carbocycles. The van der Waals surface area contributed by atoms with Gasteiger partial charge < -0.3 is 0 Å². The first-order chi connectivity index (χ1) is 14.2. The second-order valence-electron chi connectivity index (χ2n) is 6.18. The van der Waals surface area contributed by atoms with Crippen LogP contribution < -0.4 is 0 Å². The number of aromatic nitrogens is 1. The highest BCUT2D eigenvalue weighted by Gasteiger charge is 2.27. The molecule has 0 amide bonds. The first kappa shape index (κ1) is 20.9. The van der Waals surface area contributed by atoms with Gasteiger partial charge in [0.1, 0.15) is 0 Å². The summed E-state index contributed by atoms with van der Waals surface area (Å²) >= 11 is 0. The number of rotatable bonds is 7. The van der Waals surface area contributed by atoms with Crippen molar-refractivity contribution < 1.29 is 0 Å². The minimum Gasteiger partial charge on any atom is -0.259 e. The molecule has 0 aliphatic heterocycles. The Morgan fingerprint density at radius 2 is 1.24 bits per heavy atom.